The fourth-order valence-electron chi connectivity index (χ4n) is 0.333. The van der Waals surface area contributed by atoms with Gasteiger partial charge in [-0.1, -0.05) is 12.2 Å². The van der Waals surface area contributed by atoms with Crippen molar-refractivity contribution in [2.45, 2.75) is 18.0 Å². The van der Waals surface area contributed by atoms with Crippen molar-refractivity contribution in [1.82, 2.24) is 0 Å². The Labute approximate surface area is 72.7 Å². The molecule has 9 heteroatoms. The molecule has 0 saturated heterocycles. The van der Waals surface area contributed by atoms with Crippen LogP contribution in [0, 0.1) is 0 Å². The molecule has 78 valence electrons. The molecule has 0 saturated carbocycles. The lowest BCUT2D eigenvalue weighted by molar-refractivity contribution is -0.336. The molecule has 0 aromatic heterocycles. The highest BCUT2D eigenvalue weighted by atomic mass is 32.1. The van der Waals surface area contributed by atoms with E-state index in [0.29, 0.717) is 0 Å². The van der Waals surface area contributed by atoms with E-state index in [1.807, 2.05) is 0 Å². The molecule has 0 aliphatic carbocycles. The van der Waals surface area contributed by atoms with Crippen LogP contribution in [0.5, 0.6) is 0 Å². The van der Waals surface area contributed by atoms with Gasteiger partial charge in [0.25, 0.3) is 0 Å². The zero-order chi connectivity index (χ0) is 11.1. The maximum Gasteiger partial charge on any atom is 0.460 e. The summed E-state index contributed by atoms with van der Waals surface area (Å²) < 4.78 is 82.0. The molecule has 0 aromatic rings. The van der Waals surface area contributed by atoms with E-state index in [1.165, 1.54) is 0 Å². The lowest BCUT2D eigenvalue weighted by atomic mass is 10.1. The van der Waals surface area contributed by atoms with Crippen LogP contribution >= 0.6 is 12.2 Å². The fourth-order valence-corrected chi connectivity index (χ4v) is 0.461. The van der Waals surface area contributed by atoms with Gasteiger partial charge in [0.1, 0.15) is 4.99 Å². The van der Waals surface area contributed by atoms with Crippen molar-refractivity contribution >= 4 is 17.2 Å². The SMILES string of the molecule is NC(=S)C(F)(F)C(F)(F)C(F)(F)F. The van der Waals surface area contributed by atoms with Gasteiger partial charge in [-0.3, -0.25) is 0 Å². The van der Waals surface area contributed by atoms with Gasteiger partial charge < -0.3 is 5.73 Å². The van der Waals surface area contributed by atoms with Crippen LogP contribution in [-0.4, -0.2) is 23.0 Å². The minimum atomic E-state index is -6.39. The van der Waals surface area contributed by atoms with Crippen LogP contribution in [0.25, 0.3) is 0 Å². The van der Waals surface area contributed by atoms with Gasteiger partial charge in [0.05, 0.1) is 0 Å². The lowest BCUT2D eigenvalue weighted by Crippen LogP contribution is -2.57. The van der Waals surface area contributed by atoms with Gasteiger partial charge in [0.2, 0.25) is 0 Å². The third-order valence-electron chi connectivity index (χ3n) is 1.06. The van der Waals surface area contributed by atoms with Crippen LogP contribution in [0.4, 0.5) is 30.7 Å². The monoisotopic (exact) mass is 229 g/mol. The van der Waals surface area contributed by atoms with Gasteiger partial charge in [0, 0.05) is 0 Å². The predicted molar refractivity (Wildman–Crippen MR) is 32.7 cm³/mol. The Hall–Kier alpha value is -0.600. The van der Waals surface area contributed by atoms with Gasteiger partial charge >= 0.3 is 18.0 Å². The molecular weight excluding hydrogens is 227 g/mol. The van der Waals surface area contributed by atoms with Crippen molar-refractivity contribution in [2.24, 2.45) is 5.73 Å². The summed E-state index contributed by atoms with van der Waals surface area (Å²) >= 11 is 3.40. The summed E-state index contributed by atoms with van der Waals surface area (Å²) in [5, 5.41) is 0. The summed E-state index contributed by atoms with van der Waals surface area (Å²) in [7, 11) is 0. The largest absolute Gasteiger partial charge is 0.460 e. The van der Waals surface area contributed by atoms with Crippen molar-refractivity contribution in [3.63, 3.8) is 0 Å². The van der Waals surface area contributed by atoms with Crippen LogP contribution in [0.3, 0.4) is 0 Å². The van der Waals surface area contributed by atoms with E-state index in [0.717, 1.165) is 0 Å². The maximum absolute atomic E-state index is 12.1. The lowest BCUT2D eigenvalue weighted by Gasteiger charge is -2.26. The van der Waals surface area contributed by atoms with E-state index in [4.69, 9.17) is 0 Å². The van der Waals surface area contributed by atoms with E-state index in [9.17, 15) is 30.7 Å². The number of thiocarbonyl (C=S) groups is 1. The summed E-state index contributed by atoms with van der Waals surface area (Å²) in [6.07, 6.45) is -6.39. The van der Waals surface area contributed by atoms with Gasteiger partial charge in [0.15, 0.2) is 0 Å². The summed E-state index contributed by atoms with van der Waals surface area (Å²) in [4.78, 5) is -2.20. The Morgan fingerprint density at radius 3 is 1.31 bits per heavy atom. The van der Waals surface area contributed by atoms with Crippen LogP contribution in [0.1, 0.15) is 0 Å². The van der Waals surface area contributed by atoms with Crippen molar-refractivity contribution < 1.29 is 30.7 Å². The van der Waals surface area contributed by atoms with E-state index >= 15 is 0 Å². The first-order chi connectivity index (χ1) is 5.44. The van der Waals surface area contributed by atoms with Crippen molar-refractivity contribution in [1.29, 1.82) is 0 Å². The van der Waals surface area contributed by atoms with Crippen molar-refractivity contribution in [3.05, 3.63) is 0 Å². The quantitative estimate of drug-likeness (QED) is 0.579. The van der Waals surface area contributed by atoms with Gasteiger partial charge in [-0.2, -0.15) is 30.7 Å². The topological polar surface area (TPSA) is 26.0 Å². The van der Waals surface area contributed by atoms with Crippen LogP contribution < -0.4 is 5.73 Å². The summed E-state index contributed by atoms with van der Waals surface area (Å²) in [6.45, 7) is 0. The highest BCUT2D eigenvalue weighted by Gasteiger charge is 2.74. The van der Waals surface area contributed by atoms with Gasteiger partial charge in [-0.25, -0.2) is 0 Å². The highest BCUT2D eigenvalue weighted by Crippen LogP contribution is 2.46. The molecular formula is C4H2F7NS. The Morgan fingerprint density at radius 2 is 1.23 bits per heavy atom. The second-order valence-electron chi connectivity index (χ2n) is 2.01. The average Bonchev–Trinajstić information content (AvgIpc) is 1.84. The number of hydrogen-bond donors (Lipinski definition) is 1. The molecule has 0 atom stereocenters. The van der Waals surface area contributed by atoms with Crippen LogP contribution in [0.15, 0.2) is 0 Å². The van der Waals surface area contributed by atoms with Crippen molar-refractivity contribution in [2.75, 3.05) is 0 Å². The van der Waals surface area contributed by atoms with Crippen LogP contribution in [0.2, 0.25) is 0 Å². The van der Waals surface area contributed by atoms with Gasteiger partial charge in [-0.05, 0) is 0 Å². The third-order valence-corrected chi connectivity index (χ3v) is 1.32. The molecule has 0 spiro atoms. The Bertz CT molecular complexity index is 219. The molecule has 0 aromatic carbocycles. The molecule has 0 rings (SSSR count). The van der Waals surface area contributed by atoms with Crippen LogP contribution in [-0.2, 0) is 0 Å². The minimum Gasteiger partial charge on any atom is -0.388 e. The molecule has 0 radical (unpaired) electrons. The molecule has 0 bridgehead atoms. The highest BCUT2D eigenvalue weighted by molar-refractivity contribution is 7.80. The molecule has 0 unspecified atom stereocenters. The molecule has 0 aliphatic heterocycles. The molecule has 0 aliphatic rings. The smallest absolute Gasteiger partial charge is 0.388 e. The van der Waals surface area contributed by atoms with Crippen molar-refractivity contribution in [3.8, 4) is 0 Å². The van der Waals surface area contributed by atoms with Gasteiger partial charge in [-0.15, -0.1) is 0 Å². The average molecular weight is 229 g/mol. The minimum absolute atomic E-state index is 2.20. The first-order valence-electron chi connectivity index (χ1n) is 2.57. The normalized spacial score (nSPS) is 14.4. The van der Waals surface area contributed by atoms with E-state index in [-0.39, 0.29) is 0 Å². The Balaban J connectivity index is 5.16. The van der Waals surface area contributed by atoms with E-state index < -0.39 is 23.0 Å². The van der Waals surface area contributed by atoms with E-state index in [2.05, 4.69) is 18.0 Å². The second-order valence-corrected chi connectivity index (χ2v) is 2.45. The number of rotatable bonds is 2. The second kappa shape index (κ2) is 2.96. The molecule has 0 fully saturated rings. The molecule has 0 heterocycles. The number of alkyl halides is 7. The molecule has 0 amide bonds. The maximum atomic E-state index is 12.1. The van der Waals surface area contributed by atoms with E-state index in [1.54, 1.807) is 0 Å². The zero-order valence-electron chi connectivity index (χ0n) is 5.63. The first kappa shape index (κ1) is 12.4. The molecule has 13 heavy (non-hydrogen) atoms. The standard InChI is InChI=1S/C4H2F7NS/c5-2(6,1(12)13)3(7,8)4(9,10)11/h(H2,12,13). The third kappa shape index (κ3) is 1.84. The number of hydrogen-bond acceptors (Lipinski definition) is 1. The summed E-state index contributed by atoms with van der Waals surface area (Å²) in [6, 6.07) is 0. The Morgan fingerprint density at radius 1 is 0.923 bits per heavy atom. The summed E-state index contributed by atoms with van der Waals surface area (Å²) in [5.74, 6) is -11.8. The molecule has 1 nitrogen and oxygen atoms in total. The summed E-state index contributed by atoms with van der Waals surface area (Å²) in [5.41, 5.74) is 4.05. The zero-order valence-corrected chi connectivity index (χ0v) is 6.45. The molecule has 2 N–H and O–H groups in total. The number of nitrogens with two attached hydrogens (primary N) is 1. The Kier molecular flexibility index (Phi) is 2.83. The first-order valence-corrected chi connectivity index (χ1v) is 2.97. The number of halogens is 7. The predicted octanol–water partition coefficient (Wildman–Crippen LogP) is 2.11. The fraction of sp³-hybridized carbons (Fsp3) is 0.750.